The van der Waals surface area contributed by atoms with E-state index >= 15 is 0 Å². The van der Waals surface area contributed by atoms with Gasteiger partial charge in [0.2, 0.25) is 6.43 Å². The molecule has 5 heteroatoms. The molecule has 0 bridgehead atoms. The van der Waals surface area contributed by atoms with Gasteiger partial charge < -0.3 is 5.73 Å². The largest absolute Gasteiger partial charge is 0.322 e. The van der Waals surface area contributed by atoms with Gasteiger partial charge in [0.1, 0.15) is 4.60 Å². The van der Waals surface area contributed by atoms with E-state index in [2.05, 4.69) is 20.9 Å². The Morgan fingerprint density at radius 2 is 2.15 bits per heavy atom. The van der Waals surface area contributed by atoms with Gasteiger partial charge in [-0.05, 0) is 28.1 Å². The van der Waals surface area contributed by atoms with E-state index in [4.69, 9.17) is 5.73 Å². The highest BCUT2D eigenvalue weighted by Gasteiger charge is 2.13. The predicted octanol–water partition coefficient (Wildman–Crippen LogP) is 2.50. The molecule has 0 aromatic carbocycles. The van der Waals surface area contributed by atoms with Crippen LogP contribution in [-0.4, -0.2) is 11.4 Å². The van der Waals surface area contributed by atoms with Crippen LogP contribution >= 0.6 is 15.9 Å². The standard InChI is InChI=1S/C8H9BrF2N2/c9-7-3-1-2-6(13-7)5(12)4-8(10)11/h1-3,5,8H,4,12H2/t5-/m0/s1. The van der Waals surface area contributed by atoms with E-state index < -0.39 is 12.5 Å². The fourth-order valence-corrected chi connectivity index (χ4v) is 1.30. The molecule has 0 amide bonds. The van der Waals surface area contributed by atoms with Crippen LogP contribution in [0.5, 0.6) is 0 Å². The molecule has 0 aliphatic heterocycles. The normalized spacial score (nSPS) is 13.3. The smallest absolute Gasteiger partial charge is 0.240 e. The van der Waals surface area contributed by atoms with Crippen LogP contribution in [0.15, 0.2) is 22.8 Å². The third-order valence-corrected chi connectivity index (χ3v) is 1.99. The molecule has 0 saturated carbocycles. The first kappa shape index (κ1) is 10.5. The number of hydrogen-bond acceptors (Lipinski definition) is 2. The Labute approximate surface area is 83.3 Å². The second kappa shape index (κ2) is 4.62. The van der Waals surface area contributed by atoms with E-state index in [1.807, 2.05) is 0 Å². The van der Waals surface area contributed by atoms with Gasteiger partial charge in [-0.1, -0.05) is 6.07 Å². The number of aromatic nitrogens is 1. The number of pyridine rings is 1. The molecule has 1 aromatic rings. The molecule has 0 unspecified atom stereocenters. The lowest BCUT2D eigenvalue weighted by atomic mass is 10.1. The van der Waals surface area contributed by atoms with Gasteiger partial charge in [0.05, 0.1) is 11.7 Å². The molecule has 0 aliphatic rings. The van der Waals surface area contributed by atoms with Crippen molar-refractivity contribution in [1.29, 1.82) is 0 Å². The fourth-order valence-electron chi connectivity index (χ4n) is 0.943. The minimum absolute atomic E-state index is 0.358. The van der Waals surface area contributed by atoms with Crippen molar-refractivity contribution < 1.29 is 8.78 Å². The van der Waals surface area contributed by atoms with Crippen LogP contribution in [-0.2, 0) is 0 Å². The van der Waals surface area contributed by atoms with Crippen molar-refractivity contribution in [3.05, 3.63) is 28.5 Å². The molecule has 0 aliphatic carbocycles. The number of nitrogens with two attached hydrogens (primary N) is 1. The number of hydrogen-bond donors (Lipinski definition) is 1. The van der Waals surface area contributed by atoms with Gasteiger partial charge >= 0.3 is 0 Å². The zero-order valence-corrected chi connectivity index (χ0v) is 8.34. The highest BCUT2D eigenvalue weighted by Crippen LogP contribution is 2.17. The Morgan fingerprint density at radius 3 is 2.69 bits per heavy atom. The van der Waals surface area contributed by atoms with E-state index in [9.17, 15) is 8.78 Å². The van der Waals surface area contributed by atoms with E-state index in [-0.39, 0.29) is 6.42 Å². The molecule has 1 aromatic heterocycles. The average Bonchev–Trinajstić information content (AvgIpc) is 2.03. The van der Waals surface area contributed by atoms with E-state index in [0.29, 0.717) is 10.3 Å². The lowest BCUT2D eigenvalue weighted by Gasteiger charge is -2.09. The van der Waals surface area contributed by atoms with Crippen LogP contribution in [0.3, 0.4) is 0 Å². The SMILES string of the molecule is N[C@@H](CC(F)F)c1cccc(Br)n1. The van der Waals surface area contributed by atoms with E-state index in [0.717, 1.165) is 0 Å². The fraction of sp³-hybridized carbons (Fsp3) is 0.375. The average molecular weight is 251 g/mol. The quantitative estimate of drug-likeness (QED) is 0.838. The molecule has 0 fully saturated rings. The molecule has 1 heterocycles. The van der Waals surface area contributed by atoms with E-state index in [1.165, 1.54) is 0 Å². The molecule has 2 N–H and O–H groups in total. The van der Waals surface area contributed by atoms with Crippen LogP contribution in [0.25, 0.3) is 0 Å². The Morgan fingerprint density at radius 1 is 1.46 bits per heavy atom. The lowest BCUT2D eigenvalue weighted by Crippen LogP contribution is -2.15. The minimum Gasteiger partial charge on any atom is -0.322 e. The number of rotatable bonds is 3. The van der Waals surface area contributed by atoms with Crippen molar-refractivity contribution in [2.75, 3.05) is 0 Å². The molecule has 0 spiro atoms. The molecule has 0 saturated heterocycles. The molecule has 1 rings (SSSR count). The van der Waals surface area contributed by atoms with Crippen LogP contribution in [0.4, 0.5) is 8.78 Å². The highest BCUT2D eigenvalue weighted by atomic mass is 79.9. The second-order valence-corrected chi connectivity index (χ2v) is 3.43. The van der Waals surface area contributed by atoms with Gasteiger partial charge in [-0.2, -0.15) is 0 Å². The first-order chi connectivity index (χ1) is 6.09. The van der Waals surface area contributed by atoms with Crippen LogP contribution in [0.2, 0.25) is 0 Å². The minimum atomic E-state index is -2.39. The van der Waals surface area contributed by atoms with E-state index in [1.54, 1.807) is 18.2 Å². The summed E-state index contributed by atoms with van der Waals surface area (Å²) in [5, 5.41) is 0. The summed E-state index contributed by atoms with van der Waals surface area (Å²) < 4.78 is 24.5. The van der Waals surface area contributed by atoms with Gasteiger partial charge in [0, 0.05) is 6.42 Å². The first-order valence-electron chi connectivity index (χ1n) is 3.76. The summed E-state index contributed by atoms with van der Waals surface area (Å²) >= 11 is 3.14. The van der Waals surface area contributed by atoms with Gasteiger partial charge in [0.25, 0.3) is 0 Å². The van der Waals surface area contributed by atoms with Crippen molar-refractivity contribution in [2.24, 2.45) is 5.73 Å². The third kappa shape index (κ3) is 3.36. The molecule has 0 radical (unpaired) electrons. The number of alkyl halides is 2. The summed E-state index contributed by atoms with van der Waals surface area (Å²) in [5.41, 5.74) is 5.98. The highest BCUT2D eigenvalue weighted by molar-refractivity contribution is 9.10. The Hall–Kier alpha value is -0.550. The summed E-state index contributed by atoms with van der Waals surface area (Å²) in [4.78, 5) is 3.98. The topological polar surface area (TPSA) is 38.9 Å². The van der Waals surface area contributed by atoms with Crippen LogP contribution < -0.4 is 5.73 Å². The summed E-state index contributed by atoms with van der Waals surface area (Å²) in [6.07, 6.45) is -2.75. The van der Waals surface area contributed by atoms with Crippen LogP contribution in [0, 0.1) is 0 Å². The van der Waals surface area contributed by atoms with Crippen molar-refractivity contribution in [3.63, 3.8) is 0 Å². The van der Waals surface area contributed by atoms with Gasteiger partial charge in [0.15, 0.2) is 0 Å². The zero-order valence-electron chi connectivity index (χ0n) is 6.75. The molecule has 13 heavy (non-hydrogen) atoms. The summed E-state index contributed by atoms with van der Waals surface area (Å²) in [6.45, 7) is 0. The lowest BCUT2D eigenvalue weighted by molar-refractivity contribution is 0.128. The van der Waals surface area contributed by atoms with Crippen molar-refractivity contribution in [2.45, 2.75) is 18.9 Å². The Balaban J connectivity index is 2.71. The molecular weight excluding hydrogens is 242 g/mol. The van der Waals surface area contributed by atoms with Crippen LogP contribution in [0.1, 0.15) is 18.2 Å². The van der Waals surface area contributed by atoms with Crippen molar-refractivity contribution in [1.82, 2.24) is 4.98 Å². The monoisotopic (exact) mass is 250 g/mol. The number of halogens is 3. The molecule has 2 nitrogen and oxygen atoms in total. The molecular formula is C8H9BrF2N2. The zero-order chi connectivity index (χ0) is 9.84. The maximum absolute atomic E-state index is 12.0. The molecule has 72 valence electrons. The van der Waals surface area contributed by atoms with Gasteiger partial charge in [-0.25, -0.2) is 13.8 Å². The van der Waals surface area contributed by atoms with Gasteiger partial charge in [-0.3, -0.25) is 0 Å². The number of nitrogens with zero attached hydrogens (tertiary/aromatic N) is 1. The van der Waals surface area contributed by atoms with Crippen molar-refractivity contribution in [3.8, 4) is 0 Å². The second-order valence-electron chi connectivity index (χ2n) is 2.62. The van der Waals surface area contributed by atoms with Crippen molar-refractivity contribution >= 4 is 15.9 Å². The first-order valence-corrected chi connectivity index (χ1v) is 4.55. The maximum atomic E-state index is 12.0. The third-order valence-electron chi connectivity index (χ3n) is 1.55. The Kier molecular flexibility index (Phi) is 3.74. The maximum Gasteiger partial charge on any atom is 0.240 e. The predicted molar refractivity (Wildman–Crippen MR) is 49.5 cm³/mol. The molecule has 1 atom stereocenters. The summed E-state index contributed by atoms with van der Waals surface area (Å²) in [7, 11) is 0. The van der Waals surface area contributed by atoms with Gasteiger partial charge in [-0.15, -0.1) is 0 Å². The summed E-state index contributed by atoms with van der Waals surface area (Å²) in [5.74, 6) is 0. The summed E-state index contributed by atoms with van der Waals surface area (Å²) in [6, 6.07) is 4.38. The Bertz CT molecular complexity index is 281.